The van der Waals surface area contributed by atoms with Crippen LogP contribution in [0.25, 0.3) is 0 Å². The zero-order chi connectivity index (χ0) is 11.3. The third-order valence-corrected chi connectivity index (χ3v) is 1.92. The van der Waals surface area contributed by atoms with E-state index in [0.29, 0.717) is 25.3 Å². The number of nitrogens with two attached hydrogens (primary N) is 1. The third kappa shape index (κ3) is 4.04. The highest BCUT2D eigenvalue weighted by Gasteiger charge is 2.14. The molecule has 1 aromatic rings. The fraction of sp³-hybridized carbons (Fsp3) is 0.400. The predicted molar refractivity (Wildman–Crippen MR) is 64.2 cm³/mol. The summed E-state index contributed by atoms with van der Waals surface area (Å²) in [5.74, 6) is 0.313. The molecule has 5 nitrogen and oxygen atoms in total. The van der Waals surface area contributed by atoms with Crippen molar-refractivity contribution in [3.05, 3.63) is 33.9 Å². The summed E-state index contributed by atoms with van der Waals surface area (Å²) in [4.78, 5) is 10.2. The molecule has 0 fully saturated rings. The van der Waals surface area contributed by atoms with Gasteiger partial charge in [-0.05, 0) is 31.5 Å². The minimum atomic E-state index is -0.447. The van der Waals surface area contributed by atoms with E-state index in [-0.39, 0.29) is 18.1 Å². The Labute approximate surface area is 100 Å². The van der Waals surface area contributed by atoms with Crippen LogP contribution in [0, 0.1) is 17.0 Å². The molecular weight excluding hydrogens is 232 g/mol. The van der Waals surface area contributed by atoms with Gasteiger partial charge in [0.1, 0.15) is 0 Å². The maximum atomic E-state index is 10.7. The van der Waals surface area contributed by atoms with Gasteiger partial charge in [-0.25, -0.2) is 0 Å². The molecule has 16 heavy (non-hydrogen) atoms. The predicted octanol–water partition coefficient (Wildman–Crippen LogP) is 2.05. The van der Waals surface area contributed by atoms with Crippen LogP contribution in [0.3, 0.4) is 0 Å². The number of halogens is 1. The van der Waals surface area contributed by atoms with Gasteiger partial charge in [-0.1, -0.05) is 6.07 Å². The number of hydrogen-bond acceptors (Lipinski definition) is 4. The maximum Gasteiger partial charge on any atom is 0.310 e. The molecule has 0 radical (unpaired) electrons. The molecular formula is C10H15ClN2O3. The zero-order valence-electron chi connectivity index (χ0n) is 9.01. The molecule has 1 rings (SSSR count). The Morgan fingerprint density at radius 2 is 2.19 bits per heavy atom. The fourth-order valence-electron chi connectivity index (χ4n) is 1.15. The van der Waals surface area contributed by atoms with Gasteiger partial charge >= 0.3 is 5.69 Å². The topological polar surface area (TPSA) is 78.4 Å². The lowest BCUT2D eigenvalue weighted by Crippen LogP contribution is -2.07. The summed E-state index contributed by atoms with van der Waals surface area (Å²) in [5.41, 5.74) is 6.24. The summed E-state index contributed by atoms with van der Waals surface area (Å²) in [6.45, 7) is 2.78. The first-order chi connectivity index (χ1) is 7.15. The van der Waals surface area contributed by atoms with Crippen LogP contribution in [0.2, 0.25) is 0 Å². The van der Waals surface area contributed by atoms with E-state index in [2.05, 4.69) is 0 Å². The van der Waals surface area contributed by atoms with Crippen molar-refractivity contribution in [2.75, 3.05) is 13.2 Å². The van der Waals surface area contributed by atoms with E-state index in [1.165, 1.54) is 6.07 Å². The van der Waals surface area contributed by atoms with Crippen molar-refractivity contribution >= 4 is 18.1 Å². The smallest absolute Gasteiger partial charge is 0.310 e. The fourth-order valence-corrected chi connectivity index (χ4v) is 1.15. The average molecular weight is 247 g/mol. The highest BCUT2D eigenvalue weighted by atomic mass is 35.5. The lowest BCUT2D eigenvalue weighted by atomic mass is 10.2. The Hall–Kier alpha value is -1.33. The van der Waals surface area contributed by atoms with Crippen molar-refractivity contribution in [1.82, 2.24) is 0 Å². The van der Waals surface area contributed by atoms with E-state index in [1.807, 2.05) is 6.92 Å². The van der Waals surface area contributed by atoms with Crippen molar-refractivity contribution < 1.29 is 9.66 Å². The standard InChI is InChI=1S/C10H14N2O3.ClH/c1-8-3-4-9(12(13)14)10(7-8)15-6-2-5-11;/h3-4,7H,2,5-6,11H2,1H3;1H. The SMILES string of the molecule is Cc1ccc([N+](=O)[O-])c(OCCCN)c1.Cl. The lowest BCUT2D eigenvalue weighted by Gasteiger charge is -2.06. The van der Waals surface area contributed by atoms with Gasteiger partial charge in [0.2, 0.25) is 0 Å². The first-order valence-electron chi connectivity index (χ1n) is 4.73. The van der Waals surface area contributed by atoms with Gasteiger partial charge in [0.25, 0.3) is 0 Å². The molecule has 0 amide bonds. The quantitative estimate of drug-likeness (QED) is 0.490. The molecule has 0 heterocycles. The number of ether oxygens (including phenoxy) is 1. The number of nitro benzene ring substituents is 1. The van der Waals surface area contributed by atoms with Gasteiger partial charge in [0.05, 0.1) is 11.5 Å². The number of aryl methyl sites for hydroxylation is 1. The number of hydrogen-bond donors (Lipinski definition) is 1. The van der Waals surface area contributed by atoms with Gasteiger partial charge in [-0.2, -0.15) is 0 Å². The van der Waals surface area contributed by atoms with Gasteiger partial charge in [0.15, 0.2) is 5.75 Å². The van der Waals surface area contributed by atoms with Crippen LogP contribution >= 0.6 is 12.4 Å². The summed E-state index contributed by atoms with van der Waals surface area (Å²) in [5, 5.41) is 10.7. The van der Waals surface area contributed by atoms with E-state index in [9.17, 15) is 10.1 Å². The largest absolute Gasteiger partial charge is 0.487 e. The normalized spacial score (nSPS) is 9.38. The number of nitro groups is 1. The molecule has 6 heteroatoms. The van der Waals surface area contributed by atoms with Crippen LogP contribution < -0.4 is 10.5 Å². The van der Waals surface area contributed by atoms with Crippen molar-refractivity contribution in [2.24, 2.45) is 5.73 Å². The van der Waals surface area contributed by atoms with Gasteiger partial charge in [0, 0.05) is 6.07 Å². The maximum absolute atomic E-state index is 10.7. The highest BCUT2D eigenvalue weighted by Crippen LogP contribution is 2.27. The number of nitrogens with zero attached hydrogens (tertiary/aromatic N) is 1. The second-order valence-corrected chi connectivity index (χ2v) is 3.22. The van der Waals surface area contributed by atoms with Crippen LogP contribution in [0.1, 0.15) is 12.0 Å². The second kappa shape index (κ2) is 7.03. The molecule has 90 valence electrons. The van der Waals surface area contributed by atoms with Crippen molar-refractivity contribution in [1.29, 1.82) is 0 Å². The van der Waals surface area contributed by atoms with Gasteiger partial charge in [-0.3, -0.25) is 10.1 Å². The average Bonchev–Trinajstić information content (AvgIpc) is 2.18. The molecule has 0 saturated heterocycles. The Morgan fingerprint density at radius 1 is 1.50 bits per heavy atom. The summed E-state index contributed by atoms with van der Waals surface area (Å²) >= 11 is 0. The molecule has 0 aliphatic rings. The Kier molecular flexibility index (Phi) is 6.44. The Morgan fingerprint density at radius 3 is 2.75 bits per heavy atom. The van der Waals surface area contributed by atoms with E-state index >= 15 is 0 Å². The molecule has 0 saturated carbocycles. The molecule has 0 aliphatic carbocycles. The minimum Gasteiger partial charge on any atom is -0.487 e. The van der Waals surface area contributed by atoms with E-state index < -0.39 is 4.92 Å². The van der Waals surface area contributed by atoms with Gasteiger partial charge < -0.3 is 10.5 Å². The van der Waals surface area contributed by atoms with Crippen LogP contribution in [-0.4, -0.2) is 18.1 Å². The molecule has 0 unspecified atom stereocenters. The Bertz CT molecular complexity index is 358. The van der Waals surface area contributed by atoms with Crippen LogP contribution in [0.4, 0.5) is 5.69 Å². The number of rotatable bonds is 5. The minimum absolute atomic E-state index is 0. The molecule has 0 aromatic heterocycles. The van der Waals surface area contributed by atoms with Crippen molar-refractivity contribution in [2.45, 2.75) is 13.3 Å². The van der Waals surface area contributed by atoms with E-state index in [1.54, 1.807) is 12.1 Å². The van der Waals surface area contributed by atoms with Crippen molar-refractivity contribution in [3.63, 3.8) is 0 Å². The molecule has 0 aliphatic heterocycles. The first-order valence-corrected chi connectivity index (χ1v) is 4.73. The van der Waals surface area contributed by atoms with Crippen molar-refractivity contribution in [3.8, 4) is 5.75 Å². The molecule has 0 bridgehead atoms. The summed E-state index contributed by atoms with van der Waals surface area (Å²) in [6.07, 6.45) is 0.686. The van der Waals surface area contributed by atoms with Crippen LogP contribution in [0.5, 0.6) is 5.75 Å². The lowest BCUT2D eigenvalue weighted by molar-refractivity contribution is -0.385. The van der Waals surface area contributed by atoms with E-state index in [0.717, 1.165) is 5.56 Å². The molecule has 0 atom stereocenters. The first kappa shape index (κ1) is 14.7. The zero-order valence-corrected chi connectivity index (χ0v) is 9.83. The van der Waals surface area contributed by atoms with Crippen LogP contribution in [-0.2, 0) is 0 Å². The number of benzene rings is 1. The Balaban J connectivity index is 0.00000225. The second-order valence-electron chi connectivity index (χ2n) is 3.22. The molecule has 1 aromatic carbocycles. The summed E-state index contributed by atoms with van der Waals surface area (Å²) in [6, 6.07) is 4.80. The van der Waals surface area contributed by atoms with E-state index in [4.69, 9.17) is 10.5 Å². The summed E-state index contributed by atoms with van der Waals surface area (Å²) < 4.78 is 5.30. The summed E-state index contributed by atoms with van der Waals surface area (Å²) in [7, 11) is 0. The monoisotopic (exact) mass is 246 g/mol. The highest BCUT2D eigenvalue weighted by molar-refractivity contribution is 5.85. The molecule has 2 N–H and O–H groups in total. The van der Waals surface area contributed by atoms with Gasteiger partial charge in [-0.15, -0.1) is 12.4 Å². The molecule has 0 spiro atoms. The van der Waals surface area contributed by atoms with Crippen LogP contribution in [0.15, 0.2) is 18.2 Å². The third-order valence-electron chi connectivity index (χ3n) is 1.92.